The lowest BCUT2D eigenvalue weighted by atomic mass is 9.97. The first kappa shape index (κ1) is 22.4. The molecule has 3 amide bonds. The molecular formula is C27H29N3O3. The Labute approximate surface area is 194 Å². The Morgan fingerprint density at radius 2 is 1.67 bits per heavy atom. The van der Waals surface area contributed by atoms with Crippen LogP contribution in [-0.2, 0) is 11.2 Å². The average Bonchev–Trinajstić information content (AvgIpc) is 2.85. The van der Waals surface area contributed by atoms with Gasteiger partial charge in [0.2, 0.25) is 5.91 Å². The number of benzene rings is 3. The third kappa shape index (κ3) is 5.92. The fourth-order valence-corrected chi connectivity index (χ4v) is 4.15. The predicted octanol–water partition coefficient (Wildman–Crippen LogP) is 5.17. The van der Waals surface area contributed by atoms with Crippen LogP contribution in [0.15, 0.2) is 78.9 Å². The van der Waals surface area contributed by atoms with E-state index in [-0.39, 0.29) is 17.9 Å². The minimum absolute atomic E-state index is 0.0666. The van der Waals surface area contributed by atoms with E-state index in [2.05, 4.69) is 22.8 Å². The van der Waals surface area contributed by atoms with Crippen LogP contribution in [0.1, 0.15) is 24.0 Å². The summed E-state index contributed by atoms with van der Waals surface area (Å²) in [6, 6.07) is 25.0. The van der Waals surface area contributed by atoms with Crippen molar-refractivity contribution in [3.63, 3.8) is 0 Å². The Kier molecular flexibility index (Phi) is 7.25. The summed E-state index contributed by atoms with van der Waals surface area (Å²) in [6.45, 7) is 1.05. The summed E-state index contributed by atoms with van der Waals surface area (Å²) in [4.78, 5) is 27.4. The summed E-state index contributed by atoms with van der Waals surface area (Å²) in [5.41, 5.74) is 3.66. The summed E-state index contributed by atoms with van der Waals surface area (Å²) in [6.07, 6.45) is 2.26. The first-order valence-electron chi connectivity index (χ1n) is 11.2. The molecule has 170 valence electrons. The summed E-state index contributed by atoms with van der Waals surface area (Å²) in [5.74, 6) is 0.473. The molecule has 0 spiro atoms. The van der Waals surface area contributed by atoms with Gasteiger partial charge in [0.15, 0.2) is 0 Å². The molecule has 1 aliphatic rings. The zero-order valence-corrected chi connectivity index (χ0v) is 18.8. The molecule has 33 heavy (non-hydrogen) atoms. The Morgan fingerprint density at radius 3 is 2.39 bits per heavy atom. The molecule has 3 aromatic rings. The molecule has 0 aromatic heterocycles. The topological polar surface area (TPSA) is 70.7 Å². The molecule has 1 aliphatic heterocycles. The highest BCUT2D eigenvalue weighted by Crippen LogP contribution is 2.26. The molecule has 1 fully saturated rings. The van der Waals surface area contributed by atoms with Gasteiger partial charge >= 0.3 is 6.03 Å². The van der Waals surface area contributed by atoms with Crippen LogP contribution in [-0.4, -0.2) is 37.0 Å². The van der Waals surface area contributed by atoms with Crippen LogP contribution in [0.3, 0.4) is 0 Å². The highest BCUT2D eigenvalue weighted by atomic mass is 16.5. The summed E-state index contributed by atoms with van der Waals surface area (Å²) in [7, 11) is 1.65. The van der Waals surface area contributed by atoms with Crippen molar-refractivity contribution in [2.45, 2.75) is 19.3 Å². The SMILES string of the molecule is COc1ccc(NC(=O)C2CCCN(C(=O)Nc3ccccc3)C2)cc1Cc1ccccc1. The fraction of sp³-hybridized carbons (Fsp3) is 0.259. The smallest absolute Gasteiger partial charge is 0.321 e. The normalized spacial score (nSPS) is 15.5. The van der Waals surface area contributed by atoms with Gasteiger partial charge in [-0.1, -0.05) is 48.5 Å². The van der Waals surface area contributed by atoms with Crippen LogP contribution in [0, 0.1) is 5.92 Å². The molecule has 1 atom stereocenters. The van der Waals surface area contributed by atoms with Gasteiger partial charge in [0.1, 0.15) is 5.75 Å². The van der Waals surface area contributed by atoms with Crippen molar-refractivity contribution in [3.8, 4) is 5.75 Å². The molecule has 0 saturated carbocycles. The van der Waals surface area contributed by atoms with E-state index in [1.807, 2.05) is 66.7 Å². The lowest BCUT2D eigenvalue weighted by Gasteiger charge is -2.32. The number of hydrogen-bond acceptors (Lipinski definition) is 3. The molecule has 0 bridgehead atoms. The lowest BCUT2D eigenvalue weighted by Crippen LogP contribution is -2.45. The molecule has 0 radical (unpaired) electrons. The number of anilines is 2. The van der Waals surface area contributed by atoms with E-state index in [1.54, 1.807) is 12.0 Å². The number of rotatable bonds is 6. The van der Waals surface area contributed by atoms with Crippen LogP contribution in [0.2, 0.25) is 0 Å². The number of nitrogens with zero attached hydrogens (tertiary/aromatic N) is 1. The number of carbonyl (C=O) groups excluding carboxylic acids is 2. The van der Waals surface area contributed by atoms with Crippen molar-refractivity contribution < 1.29 is 14.3 Å². The Morgan fingerprint density at radius 1 is 0.939 bits per heavy atom. The maximum absolute atomic E-state index is 13.0. The minimum atomic E-state index is -0.250. The second-order valence-electron chi connectivity index (χ2n) is 8.26. The number of para-hydroxylation sites is 1. The highest BCUT2D eigenvalue weighted by molar-refractivity contribution is 5.94. The number of carbonyl (C=O) groups is 2. The van der Waals surface area contributed by atoms with Crippen molar-refractivity contribution in [2.75, 3.05) is 30.8 Å². The monoisotopic (exact) mass is 443 g/mol. The third-order valence-corrected chi connectivity index (χ3v) is 5.89. The van der Waals surface area contributed by atoms with Crippen LogP contribution < -0.4 is 15.4 Å². The number of ether oxygens (including phenoxy) is 1. The van der Waals surface area contributed by atoms with Crippen molar-refractivity contribution >= 4 is 23.3 Å². The lowest BCUT2D eigenvalue weighted by molar-refractivity contribution is -0.121. The van der Waals surface area contributed by atoms with E-state index in [9.17, 15) is 9.59 Å². The van der Waals surface area contributed by atoms with Crippen molar-refractivity contribution in [2.24, 2.45) is 5.92 Å². The first-order chi connectivity index (χ1) is 16.1. The van der Waals surface area contributed by atoms with Gasteiger partial charge in [-0.25, -0.2) is 4.79 Å². The molecule has 1 unspecified atom stereocenters. The summed E-state index contributed by atoms with van der Waals surface area (Å²) >= 11 is 0. The Bertz CT molecular complexity index is 1090. The number of amides is 3. The van der Waals surface area contributed by atoms with Crippen LogP contribution >= 0.6 is 0 Å². The van der Waals surface area contributed by atoms with Gasteiger partial charge in [-0.2, -0.15) is 0 Å². The molecule has 2 N–H and O–H groups in total. The predicted molar refractivity (Wildman–Crippen MR) is 131 cm³/mol. The quantitative estimate of drug-likeness (QED) is 0.552. The third-order valence-electron chi connectivity index (χ3n) is 5.89. The van der Waals surface area contributed by atoms with Gasteiger partial charge < -0.3 is 20.3 Å². The molecule has 6 nitrogen and oxygen atoms in total. The largest absolute Gasteiger partial charge is 0.496 e. The van der Waals surface area contributed by atoms with Gasteiger partial charge in [-0.05, 0) is 48.7 Å². The van der Waals surface area contributed by atoms with Crippen LogP contribution in [0.4, 0.5) is 16.2 Å². The second-order valence-corrected chi connectivity index (χ2v) is 8.26. The molecule has 6 heteroatoms. The summed E-state index contributed by atoms with van der Waals surface area (Å²) < 4.78 is 5.52. The molecule has 4 rings (SSSR count). The van der Waals surface area contributed by atoms with E-state index in [0.717, 1.165) is 35.5 Å². The molecule has 1 saturated heterocycles. The van der Waals surface area contributed by atoms with Crippen LogP contribution in [0.5, 0.6) is 5.75 Å². The molecular weight excluding hydrogens is 414 g/mol. The van der Waals surface area contributed by atoms with Gasteiger partial charge in [-0.3, -0.25) is 4.79 Å². The maximum Gasteiger partial charge on any atom is 0.321 e. The maximum atomic E-state index is 13.0. The number of urea groups is 1. The number of hydrogen-bond donors (Lipinski definition) is 2. The van der Waals surface area contributed by atoms with Gasteiger partial charge in [0.05, 0.1) is 13.0 Å². The number of methoxy groups -OCH3 is 1. The van der Waals surface area contributed by atoms with E-state index in [1.165, 1.54) is 5.56 Å². The van der Waals surface area contributed by atoms with Gasteiger partial charge in [0.25, 0.3) is 0 Å². The minimum Gasteiger partial charge on any atom is -0.496 e. The molecule has 1 heterocycles. The first-order valence-corrected chi connectivity index (χ1v) is 11.2. The zero-order valence-electron chi connectivity index (χ0n) is 18.8. The number of likely N-dealkylation sites (tertiary alicyclic amines) is 1. The number of piperidine rings is 1. The van der Waals surface area contributed by atoms with Crippen molar-refractivity contribution in [3.05, 3.63) is 90.0 Å². The van der Waals surface area contributed by atoms with Crippen molar-refractivity contribution in [1.29, 1.82) is 0 Å². The zero-order chi connectivity index (χ0) is 23.0. The Hall–Kier alpha value is -3.80. The summed E-state index contributed by atoms with van der Waals surface area (Å²) in [5, 5.41) is 5.95. The van der Waals surface area contributed by atoms with Crippen molar-refractivity contribution in [1.82, 2.24) is 4.90 Å². The molecule has 3 aromatic carbocycles. The second kappa shape index (κ2) is 10.7. The average molecular weight is 444 g/mol. The number of nitrogens with one attached hydrogen (secondary N) is 2. The highest BCUT2D eigenvalue weighted by Gasteiger charge is 2.28. The van der Waals surface area contributed by atoms with Crippen LogP contribution in [0.25, 0.3) is 0 Å². The van der Waals surface area contributed by atoms with E-state index in [0.29, 0.717) is 19.5 Å². The van der Waals surface area contributed by atoms with Gasteiger partial charge in [0, 0.05) is 36.4 Å². The van der Waals surface area contributed by atoms with E-state index in [4.69, 9.17) is 4.74 Å². The Balaban J connectivity index is 1.40. The van der Waals surface area contributed by atoms with E-state index >= 15 is 0 Å². The standard InChI is InChI=1S/C27H29N3O3/c1-33-25-15-14-24(18-22(25)17-20-9-4-2-5-10-20)28-26(31)21-11-8-16-30(19-21)27(32)29-23-12-6-3-7-13-23/h2-7,9-10,12-15,18,21H,8,11,16-17,19H2,1H3,(H,28,31)(H,29,32). The van der Waals surface area contributed by atoms with Gasteiger partial charge in [-0.15, -0.1) is 0 Å². The fourth-order valence-electron chi connectivity index (χ4n) is 4.15. The molecule has 0 aliphatic carbocycles. The van der Waals surface area contributed by atoms with E-state index < -0.39 is 0 Å².